The fourth-order valence-corrected chi connectivity index (χ4v) is 3.57. The highest BCUT2D eigenvalue weighted by Gasteiger charge is 2.12. The van der Waals surface area contributed by atoms with Crippen LogP contribution in [0, 0.1) is 4.77 Å². The molecule has 0 bridgehead atoms. The summed E-state index contributed by atoms with van der Waals surface area (Å²) < 4.78 is 18.2. The summed E-state index contributed by atoms with van der Waals surface area (Å²) in [6.07, 6.45) is 1.63. The van der Waals surface area contributed by atoms with Crippen molar-refractivity contribution in [2.75, 3.05) is 21.3 Å². The predicted octanol–water partition coefficient (Wildman–Crippen LogP) is 4.14. The Balaban J connectivity index is 1.89. The first-order valence-corrected chi connectivity index (χ1v) is 9.74. The number of hydrogen-bond donors (Lipinski definition) is 1. The van der Waals surface area contributed by atoms with Crippen LogP contribution in [0.25, 0.3) is 0 Å². The monoisotopic (exact) mass is 416 g/mol. The average Bonchev–Trinajstić information content (AvgIpc) is 3.10. The quantitative estimate of drug-likeness (QED) is 0.338. The Morgan fingerprint density at radius 3 is 2.39 bits per heavy atom. The summed E-state index contributed by atoms with van der Waals surface area (Å²) >= 11 is 6.86. The molecule has 146 valence electrons. The van der Waals surface area contributed by atoms with Gasteiger partial charge in [-0.3, -0.25) is 0 Å². The number of nitrogens with zero attached hydrogens (tertiary/aromatic N) is 3. The van der Waals surface area contributed by atoms with Gasteiger partial charge in [0.15, 0.2) is 0 Å². The van der Waals surface area contributed by atoms with Crippen molar-refractivity contribution in [3.8, 4) is 17.2 Å². The first kappa shape index (κ1) is 20.0. The molecular weight excluding hydrogens is 396 g/mol. The van der Waals surface area contributed by atoms with Gasteiger partial charge in [-0.15, -0.1) is 5.10 Å². The van der Waals surface area contributed by atoms with Gasteiger partial charge in [0.25, 0.3) is 0 Å². The summed E-state index contributed by atoms with van der Waals surface area (Å²) in [6, 6.07) is 13.7. The van der Waals surface area contributed by atoms with Crippen LogP contribution < -0.4 is 14.2 Å². The molecule has 3 aromatic rings. The number of ether oxygens (including phenoxy) is 3. The summed E-state index contributed by atoms with van der Waals surface area (Å²) in [5, 5.41) is 12.2. The Labute approximate surface area is 172 Å². The van der Waals surface area contributed by atoms with Crippen LogP contribution in [0.15, 0.2) is 52.7 Å². The Morgan fingerprint density at radius 2 is 1.79 bits per heavy atom. The minimum absolute atomic E-state index is 0.401. The van der Waals surface area contributed by atoms with Crippen molar-refractivity contribution >= 4 is 30.2 Å². The largest absolute Gasteiger partial charge is 0.496 e. The molecule has 0 saturated carbocycles. The van der Waals surface area contributed by atoms with E-state index in [9.17, 15) is 0 Å². The van der Waals surface area contributed by atoms with Gasteiger partial charge in [-0.25, -0.2) is 5.10 Å². The SMILES string of the molecule is COc1cc(OC)c(/C=N\n2c(SCc3ccccc3)n[nH]c2=S)c(OC)c1. The molecule has 9 heteroatoms. The summed E-state index contributed by atoms with van der Waals surface area (Å²) in [6.45, 7) is 0. The lowest BCUT2D eigenvalue weighted by Crippen LogP contribution is -2.00. The van der Waals surface area contributed by atoms with Crippen LogP contribution in [0.2, 0.25) is 0 Å². The van der Waals surface area contributed by atoms with E-state index in [-0.39, 0.29) is 0 Å². The molecule has 0 aliphatic rings. The Hall–Kier alpha value is -2.78. The molecule has 7 nitrogen and oxygen atoms in total. The lowest BCUT2D eigenvalue weighted by atomic mass is 10.2. The molecule has 0 spiro atoms. The third-order valence-corrected chi connectivity index (χ3v) is 5.15. The molecule has 0 radical (unpaired) electrons. The third-order valence-electron chi connectivity index (χ3n) is 3.89. The van der Waals surface area contributed by atoms with Crippen LogP contribution in [0.1, 0.15) is 11.1 Å². The first-order chi connectivity index (χ1) is 13.7. The van der Waals surface area contributed by atoms with Gasteiger partial charge in [0.2, 0.25) is 9.93 Å². The number of hydrogen-bond acceptors (Lipinski definition) is 7. The van der Waals surface area contributed by atoms with Gasteiger partial charge >= 0.3 is 0 Å². The molecule has 3 rings (SSSR count). The van der Waals surface area contributed by atoms with Gasteiger partial charge in [0.1, 0.15) is 17.2 Å². The van der Waals surface area contributed by atoms with E-state index in [0.29, 0.717) is 32.7 Å². The van der Waals surface area contributed by atoms with E-state index in [0.717, 1.165) is 5.75 Å². The predicted molar refractivity (Wildman–Crippen MR) is 113 cm³/mol. The number of thioether (sulfide) groups is 1. The van der Waals surface area contributed by atoms with Gasteiger partial charge in [0, 0.05) is 17.9 Å². The van der Waals surface area contributed by atoms with E-state index in [1.807, 2.05) is 18.2 Å². The number of benzene rings is 2. The number of nitrogens with one attached hydrogen (secondary N) is 1. The molecule has 0 atom stereocenters. The zero-order valence-corrected chi connectivity index (χ0v) is 17.3. The molecule has 2 aromatic carbocycles. The highest BCUT2D eigenvalue weighted by molar-refractivity contribution is 7.98. The number of methoxy groups -OCH3 is 3. The van der Waals surface area contributed by atoms with Crippen molar-refractivity contribution in [1.82, 2.24) is 14.9 Å². The first-order valence-electron chi connectivity index (χ1n) is 8.34. The van der Waals surface area contributed by atoms with Gasteiger partial charge in [-0.1, -0.05) is 42.1 Å². The van der Waals surface area contributed by atoms with Crippen molar-refractivity contribution in [1.29, 1.82) is 0 Å². The minimum atomic E-state index is 0.401. The topological polar surface area (TPSA) is 73.7 Å². The van der Waals surface area contributed by atoms with E-state index in [4.69, 9.17) is 26.4 Å². The number of rotatable bonds is 8. The van der Waals surface area contributed by atoms with E-state index < -0.39 is 0 Å². The van der Waals surface area contributed by atoms with Gasteiger partial charge < -0.3 is 14.2 Å². The van der Waals surface area contributed by atoms with Crippen molar-refractivity contribution in [3.63, 3.8) is 0 Å². The van der Waals surface area contributed by atoms with Crippen LogP contribution in [-0.4, -0.2) is 42.4 Å². The summed E-state index contributed by atoms with van der Waals surface area (Å²) in [5.41, 5.74) is 1.86. The van der Waals surface area contributed by atoms with E-state index in [1.54, 1.807) is 44.4 Å². The Morgan fingerprint density at radius 1 is 1.11 bits per heavy atom. The molecule has 28 heavy (non-hydrogen) atoms. The molecule has 0 fully saturated rings. The number of aromatic nitrogens is 3. The van der Waals surface area contributed by atoms with E-state index in [1.165, 1.54) is 17.3 Å². The highest BCUT2D eigenvalue weighted by Crippen LogP contribution is 2.32. The molecule has 1 heterocycles. The second-order valence-electron chi connectivity index (χ2n) is 5.59. The van der Waals surface area contributed by atoms with Crippen LogP contribution in [0.5, 0.6) is 17.2 Å². The highest BCUT2D eigenvalue weighted by atomic mass is 32.2. The molecular formula is C19H20N4O3S2. The maximum Gasteiger partial charge on any atom is 0.217 e. The van der Waals surface area contributed by atoms with Crippen molar-refractivity contribution in [2.24, 2.45) is 5.10 Å². The smallest absolute Gasteiger partial charge is 0.217 e. The fraction of sp³-hybridized carbons (Fsp3) is 0.211. The zero-order valence-electron chi connectivity index (χ0n) is 15.7. The summed E-state index contributed by atoms with van der Waals surface area (Å²) in [7, 11) is 4.75. The molecule has 1 N–H and O–H groups in total. The number of H-pyrrole nitrogens is 1. The van der Waals surface area contributed by atoms with E-state index in [2.05, 4.69) is 27.4 Å². The van der Waals surface area contributed by atoms with E-state index >= 15 is 0 Å². The molecule has 0 amide bonds. The molecule has 0 saturated heterocycles. The van der Waals surface area contributed by atoms with Gasteiger partial charge in [-0.05, 0) is 17.8 Å². The van der Waals surface area contributed by atoms with Crippen LogP contribution in [0.4, 0.5) is 0 Å². The second-order valence-corrected chi connectivity index (χ2v) is 6.92. The van der Waals surface area contributed by atoms with Crippen molar-refractivity contribution < 1.29 is 14.2 Å². The van der Waals surface area contributed by atoms with Crippen molar-refractivity contribution in [3.05, 3.63) is 58.4 Å². The zero-order chi connectivity index (χ0) is 19.9. The molecule has 0 unspecified atom stereocenters. The van der Waals surface area contributed by atoms with Crippen molar-refractivity contribution in [2.45, 2.75) is 10.9 Å². The fourth-order valence-electron chi connectivity index (χ4n) is 2.47. The van der Waals surface area contributed by atoms with Crippen LogP contribution in [0.3, 0.4) is 0 Å². The van der Waals surface area contributed by atoms with Gasteiger partial charge in [0.05, 0.1) is 33.1 Å². The third kappa shape index (κ3) is 4.55. The summed E-state index contributed by atoms with van der Waals surface area (Å²) in [5.74, 6) is 2.54. The lowest BCUT2D eigenvalue weighted by Gasteiger charge is -2.12. The average molecular weight is 417 g/mol. The minimum Gasteiger partial charge on any atom is -0.496 e. The molecule has 0 aliphatic carbocycles. The Kier molecular flexibility index (Phi) is 6.72. The Bertz CT molecular complexity index is 991. The van der Waals surface area contributed by atoms with Crippen LogP contribution in [-0.2, 0) is 5.75 Å². The molecule has 0 aliphatic heterocycles. The lowest BCUT2D eigenvalue weighted by molar-refractivity contribution is 0.374. The van der Waals surface area contributed by atoms with Crippen LogP contribution >= 0.6 is 24.0 Å². The summed E-state index contributed by atoms with van der Waals surface area (Å²) in [4.78, 5) is 0. The molecule has 1 aromatic heterocycles. The maximum absolute atomic E-state index is 5.45. The normalized spacial score (nSPS) is 11.0. The number of aromatic amines is 1. The van der Waals surface area contributed by atoms with Gasteiger partial charge in [-0.2, -0.15) is 9.78 Å². The standard InChI is InChI=1S/C19H20N4O3S2/c1-24-14-9-16(25-2)15(17(10-14)26-3)11-20-23-18(27)21-22-19(23)28-12-13-7-5-4-6-8-13/h4-11H,12H2,1-3H3,(H,21,27)/b20-11-. The maximum atomic E-state index is 5.45. The second kappa shape index (κ2) is 9.43.